The molecule has 2 aromatic rings. The lowest BCUT2D eigenvalue weighted by molar-refractivity contribution is -0.145. The number of benzene rings is 1. The van der Waals surface area contributed by atoms with E-state index in [9.17, 15) is 9.90 Å². The van der Waals surface area contributed by atoms with Crippen molar-refractivity contribution in [2.24, 2.45) is 0 Å². The number of ether oxygens (including phenoxy) is 3. The Hall–Kier alpha value is -2.83. The topological polar surface area (TPSA) is 90.8 Å². The summed E-state index contributed by atoms with van der Waals surface area (Å²) in [5.41, 5.74) is 0.838. The molecule has 0 aliphatic rings. The summed E-state index contributed by atoms with van der Waals surface area (Å²) in [5.74, 6) is -0.648. The van der Waals surface area contributed by atoms with Crippen molar-refractivity contribution in [3.8, 4) is 17.8 Å². The molecule has 1 aromatic heterocycles. The Morgan fingerprint density at radius 3 is 2.23 bits per heavy atom. The van der Waals surface area contributed by atoms with Crippen LogP contribution in [-0.2, 0) is 11.2 Å². The molecule has 7 nitrogen and oxygen atoms in total. The zero-order valence-electron chi connectivity index (χ0n) is 12.2. The Balaban J connectivity index is 2.19. The first kappa shape index (κ1) is 15.6. The first-order valence-electron chi connectivity index (χ1n) is 6.53. The fraction of sp³-hybridized carbons (Fsp3) is 0.267. The lowest BCUT2D eigenvalue weighted by Crippen LogP contribution is -2.30. The molecule has 0 saturated heterocycles. The minimum absolute atomic E-state index is 0.112. The third kappa shape index (κ3) is 4.08. The van der Waals surface area contributed by atoms with Gasteiger partial charge in [-0.05, 0) is 5.56 Å². The average molecular weight is 304 g/mol. The lowest BCUT2D eigenvalue weighted by Gasteiger charge is -2.14. The molecule has 0 amide bonds. The van der Waals surface area contributed by atoms with E-state index in [1.54, 1.807) is 0 Å². The molecular weight excluding hydrogens is 288 g/mol. The molecule has 116 valence electrons. The molecule has 1 atom stereocenters. The minimum atomic E-state index is -1.11. The van der Waals surface area contributed by atoms with Gasteiger partial charge in [-0.25, -0.2) is 4.79 Å². The van der Waals surface area contributed by atoms with E-state index in [0.717, 1.165) is 5.56 Å². The Kier molecular flexibility index (Phi) is 5.13. The number of nitrogens with zero attached hydrogens (tertiary/aromatic N) is 2. The highest BCUT2D eigenvalue weighted by Crippen LogP contribution is 2.20. The lowest BCUT2D eigenvalue weighted by atomic mass is 10.1. The molecule has 2 rings (SSSR count). The number of aliphatic carboxylic acids is 1. The van der Waals surface area contributed by atoms with E-state index in [1.807, 2.05) is 30.3 Å². The van der Waals surface area contributed by atoms with Crippen molar-refractivity contribution >= 4 is 5.97 Å². The van der Waals surface area contributed by atoms with E-state index in [4.69, 9.17) is 14.2 Å². The number of carboxylic acids is 1. The summed E-state index contributed by atoms with van der Waals surface area (Å²) in [6.07, 6.45) is -0.918. The van der Waals surface area contributed by atoms with Crippen molar-refractivity contribution in [2.75, 3.05) is 14.2 Å². The van der Waals surface area contributed by atoms with Crippen molar-refractivity contribution < 1.29 is 24.1 Å². The predicted molar refractivity (Wildman–Crippen MR) is 77.3 cm³/mol. The number of carbonyl (C=O) groups is 1. The van der Waals surface area contributed by atoms with Crippen LogP contribution in [0.15, 0.2) is 36.4 Å². The summed E-state index contributed by atoms with van der Waals surface area (Å²) in [5, 5.41) is 9.31. The van der Waals surface area contributed by atoms with Gasteiger partial charge in [0.15, 0.2) is 0 Å². The van der Waals surface area contributed by atoms with Crippen molar-refractivity contribution in [1.29, 1.82) is 0 Å². The molecule has 1 heterocycles. The van der Waals surface area contributed by atoms with Crippen LogP contribution in [0.25, 0.3) is 0 Å². The summed E-state index contributed by atoms with van der Waals surface area (Å²) >= 11 is 0. The average Bonchev–Trinajstić information content (AvgIpc) is 2.54. The minimum Gasteiger partial charge on any atom is -0.481 e. The van der Waals surface area contributed by atoms with Crippen LogP contribution in [0.3, 0.4) is 0 Å². The van der Waals surface area contributed by atoms with Crippen LogP contribution >= 0.6 is 0 Å². The van der Waals surface area contributed by atoms with E-state index in [1.165, 1.54) is 20.3 Å². The number of hydrogen-bond donors (Lipinski definition) is 1. The monoisotopic (exact) mass is 304 g/mol. The highest BCUT2D eigenvalue weighted by molar-refractivity contribution is 5.73. The second-order valence-electron chi connectivity index (χ2n) is 4.37. The van der Waals surface area contributed by atoms with Gasteiger partial charge in [-0.15, -0.1) is 0 Å². The Morgan fingerprint density at radius 1 is 1.14 bits per heavy atom. The summed E-state index contributed by atoms with van der Waals surface area (Å²) in [6, 6.07) is 10.5. The zero-order valence-corrected chi connectivity index (χ0v) is 12.2. The maximum absolute atomic E-state index is 11.4. The molecule has 0 aliphatic heterocycles. The van der Waals surface area contributed by atoms with Gasteiger partial charge >= 0.3 is 12.0 Å². The normalized spacial score (nSPS) is 11.5. The number of hydrogen-bond acceptors (Lipinski definition) is 6. The highest BCUT2D eigenvalue weighted by Gasteiger charge is 2.22. The summed E-state index contributed by atoms with van der Waals surface area (Å²) in [7, 11) is 2.87. The van der Waals surface area contributed by atoms with Crippen molar-refractivity contribution in [2.45, 2.75) is 12.5 Å². The van der Waals surface area contributed by atoms with Crippen LogP contribution in [0.2, 0.25) is 0 Å². The summed E-state index contributed by atoms with van der Waals surface area (Å²) in [4.78, 5) is 19.3. The molecule has 1 aromatic carbocycles. The van der Waals surface area contributed by atoms with E-state index in [-0.39, 0.29) is 24.2 Å². The fourth-order valence-electron chi connectivity index (χ4n) is 1.78. The van der Waals surface area contributed by atoms with Gasteiger partial charge in [-0.3, -0.25) is 0 Å². The predicted octanol–water partition coefficient (Wildman–Crippen LogP) is 1.57. The van der Waals surface area contributed by atoms with Crippen molar-refractivity contribution in [3.05, 3.63) is 42.0 Å². The first-order valence-corrected chi connectivity index (χ1v) is 6.53. The van der Waals surface area contributed by atoms with Crippen LogP contribution in [0, 0.1) is 0 Å². The first-order chi connectivity index (χ1) is 10.6. The van der Waals surface area contributed by atoms with Crippen LogP contribution in [0.4, 0.5) is 0 Å². The summed E-state index contributed by atoms with van der Waals surface area (Å²) in [6.45, 7) is 0. The second kappa shape index (κ2) is 7.26. The van der Waals surface area contributed by atoms with Gasteiger partial charge in [0.1, 0.15) is 0 Å². The SMILES string of the molecule is COc1cc(OC)nc(OC(Cc2ccccc2)C(=O)O)n1. The molecule has 0 aliphatic carbocycles. The van der Waals surface area contributed by atoms with Gasteiger partial charge < -0.3 is 19.3 Å². The van der Waals surface area contributed by atoms with Gasteiger partial charge in [0.2, 0.25) is 17.9 Å². The van der Waals surface area contributed by atoms with E-state index in [0.29, 0.717) is 0 Å². The molecule has 1 N–H and O–H groups in total. The third-order valence-corrected chi connectivity index (χ3v) is 2.86. The van der Waals surface area contributed by atoms with Gasteiger partial charge in [0.05, 0.1) is 20.3 Å². The Bertz CT molecular complexity index is 611. The number of methoxy groups -OCH3 is 2. The van der Waals surface area contributed by atoms with Crippen molar-refractivity contribution in [1.82, 2.24) is 9.97 Å². The van der Waals surface area contributed by atoms with Crippen LogP contribution < -0.4 is 14.2 Å². The zero-order chi connectivity index (χ0) is 15.9. The van der Waals surface area contributed by atoms with Crippen LogP contribution in [0.5, 0.6) is 17.8 Å². The Labute approximate surface area is 127 Å². The molecule has 22 heavy (non-hydrogen) atoms. The maximum Gasteiger partial charge on any atom is 0.345 e. The van der Waals surface area contributed by atoms with E-state index < -0.39 is 12.1 Å². The second-order valence-corrected chi connectivity index (χ2v) is 4.37. The quantitative estimate of drug-likeness (QED) is 0.830. The number of aromatic nitrogens is 2. The van der Waals surface area contributed by atoms with Crippen molar-refractivity contribution in [3.63, 3.8) is 0 Å². The maximum atomic E-state index is 11.4. The Morgan fingerprint density at radius 2 is 1.73 bits per heavy atom. The number of carboxylic acid groups (broad SMARTS) is 1. The molecule has 1 unspecified atom stereocenters. The standard InChI is InChI=1S/C15H16N2O5/c1-20-12-9-13(21-2)17-15(16-12)22-11(14(18)19)8-10-6-4-3-5-7-10/h3-7,9,11H,8H2,1-2H3,(H,18,19). The van der Waals surface area contributed by atoms with E-state index in [2.05, 4.69) is 9.97 Å². The molecular formula is C15H16N2O5. The van der Waals surface area contributed by atoms with Crippen LogP contribution in [-0.4, -0.2) is 41.4 Å². The van der Waals surface area contributed by atoms with Gasteiger partial charge in [0, 0.05) is 6.42 Å². The highest BCUT2D eigenvalue weighted by atomic mass is 16.5. The van der Waals surface area contributed by atoms with Gasteiger partial charge in [0.25, 0.3) is 0 Å². The number of rotatable bonds is 7. The molecule has 0 fully saturated rings. The molecule has 0 bridgehead atoms. The van der Waals surface area contributed by atoms with Crippen LogP contribution in [0.1, 0.15) is 5.56 Å². The molecule has 0 saturated carbocycles. The van der Waals surface area contributed by atoms with Gasteiger partial charge in [-0.1, -0.05) is 30.3 Å². The largest absolute Gasteiger partial charge is 0.481 e. The third-order valence-electron chi connectivity index (χ3n) is 2.86. The molecule has 0 radical (unpaired) electrons. The molecule has 0 spiro atoms. The van der Waals surface area contributed by atoms with E-state index >= 15 is 0 Å². The van der Waals surface area contributed by atoms with Gasteiger partial charge in [-0.2, -0.15) is 9.97 Å². The molecule has 7 heteroatoms. The smallest absolute Gasteiger partial charge is 0.345 e. The fourth-order valence-corrected chi connectivity index (χ4v) is 1.78. The summed E-state index contributed by atoms with van der Waals surface area (Å²) < 4.78 is 15.4.